The Kier molecular flexibility index (Phi) is 2.20. The first-order chi connectivity index (χ1) is 7.77. The summed E-state index contributed by atoms with van der Waals surface area (Å²) in [6, 6.07) is 7.53. The average molecular weight is 222 g/mol. The quantitative estimate of drug-likeness (QED) is 0.650. The van der Waals surface area contributed by atoms with Gasteiger partial charge in [0.1, 0.15) is 5.75 Å². The fraction of sp³-hybridized carbons (Fsp3) is 0.385. The highest BCUT2D eigenvalue weighted by molar-refractivity contribution is 5.44. The third kappa shape index (κ3) is 1.34. The van der Waals surface area contributed by atoms with Crippen molar-refractivity contribution in [1.29, 1.82) is 0 Å². The Morgan fingerprint density at radius 3 is 2.88 bits per heavy atom. The first-order valence-electron chi connectivity index (χ1n) is 5.53. The van der Waals surface area contributed by atoms with E-state index in [2.05, 4.69) is 0 Å². The van der Waals surface area contributed by atoms with Crippen molar-refractivity contribution in [3.63, 3.8) is 0 Å². The van der Waals surface area contributed by atoms with Crippen molar-refractivity contribution in [3.05, 3.63) is 41.5 Å². The van der Waals surface area contributed by atoms with Gasteiger partial charge in [0.25, 0.3) is 6.08 Å². The molecular formula is C13H12F2O. The molecule has 3 heteroatoms. The largest absolute Gasteiger partial charge is 0.493 e. The van der Waals surface area contributed by atoms with Crippen LogP contribution in [-0.4, -0.2) is 6.61 Å². The standard InChI is InChI=1S/C13H12F2O/c14-13(15)10-6-5-8-7-16-11-4-2-1-3-9(11)12(8)10/h1-4,8,12H,5-7H2. The van der Waals surface area contributed by atoms with Crippen LogP contribution >= 0.6 is 0 Å². The molecule has 2 unspecified atom stereocenters. The number of halogens is 2. The number of hydrogen-bond acceptors (Lipinski definition) is 1. The Morgan fingerprint density at radius 2 is 2.06 bits per heavy atom. The van der Waals surface area contributed by atoms with E-state index >= 15 is 0 Å². The average Bonchev–Trinajstić information content (AvgIpc) is 2.73. The fourth-order valence-corrected chi connectivity index (χ4v) is 2.85. The van der Waals surface area contributed by atoms with Crippen molar-refractivity contribution in [2.45, 2.75) is 18.8 Å². The molecular weight excluding hydrogens is 210 g/mol. The molecule has 0 N–H and O–H groups in total. The summed E-state index contributed by atoms with van der Waals surface area (Å²) in [5, 5.41) is 0. The van der Waals surface area contributed by atoms with Crippen LogP contribution in [0.5, 0.6) is 5.75 Å². The maximum atomic E-state index is 12.8. The monoisotopic (exact) mass is 222 g/mol. The molecule has 84 valence electrons. The Balaban J connectivity index is 2.11. The predicted molar refractivity (Wildman–Crippen MR) is 56.6 cm³/mol. The van der Waals surface area contributed by atoms with Crippen molar-refractivity contribution in [2.24, 2.45) is 5.92 Å². The smallest absolute Gasteiger partial charge is 0.270 e. The van der Waals surface area contributed by atoms with Crippen LogP contribution in [-0.2, 0) is 0 Å². The van der Waals surface area contributed by atoms with Gasteiger partial charge in [-0.2, -0.15) is 8.78 Å². The van der Waals surface area contributed by atoms with Gasteiger partial charge in [-0.15, -0.1) is 0 Å². The molecule has 2 atom stereocenters. The van der Waals surface area contributed by atoms with Gasteiger partial charge in [0, 0.05) is 23.0 Å². The Labute approximate surface area is 92.7 Å². The summed E-state index contributed by atoms with van der Waals surface area (Å²) in [5.74, 6) is 0.880. The maximum absolute atomic E-state index is 12.8. The van der Waals surface area contributed by atoms with E-state index in [0.717, 1.165) is 17.7 Å². The highest BCUT2D eigenvalue weighted by atomic mass is 19.3. The van der Waals surface area contributed by atoms with Crippen LogP contribution in [0.1, 0.15) is 24.3 Å². The second-order valence-corrected chi connectivity index (χ2v) is 4.41. The van der Waals surface area contributed by atoms with Crippen molar-refractivity contribution < 1.29 is 13.5 Å². The molecule has 1 fully saturated rings. The van der Waals surface area contributed by atoms with Crippen molar-refractivity contribution in [1.82, 2.24) is 0 Å². The first-order valence-corrected chi connectivity index (χ1v) is 5.53. The summed E-state index contributed by atoms with van der Waals surface area (Å²) in [4.78, 5) is 0. The lowest BCUT2D eigenvalue weighted by Gasteiger charge is -2.28. The van der Waals surface area contributed by atoms with Crippen LogP contribution in [0.2, 0.25) is 0 Å². The van der Waals surface area contributed by atoms with Crippen LogP contribution in [0.4, 0.5) is 8.78 Å². The SMILES string of the molecule is FC(F)=C1CCC2COc3ccccc3C12. The lowest BCUT2D eigenvalue weighted by atomic mass is 9.85. The molecule has 0 radical (unpaired) electrons. The van der Waals surface area contributed by atoms with Gasteiger partial charge in [-0.1, -0.05) is 18.2 Å². The number of para-hydroxylation sites is 1. The van der Waals surface area contributed by atoms with E-state index in [1.807, 2.05) is 24.3 Å². The molecule has 1 aliphatic carbocycles. The number of ether oxygens (including phenoxy) is 1. The number of fused-ring (bicyclic) bond motifs is 3. The van der Waals surface area contributed by atoms with Gasteiger partial charge >= 0.3 is 0 Å². The van der Waals surface area contributed by atoms with Gasteiger partial charge in [0.2, 0.25) is 0 Å². The van der Waals surface area contributed by atoms with Gasteiger partial charge in [0.15, 0.2) is 0 Å². The van der Waals surface area contributed by atoms with Crippen molar-refractivity contribution >= 4 is 0 Å². The Hall–Kier alpha value is -1.38. The molecule has 2 aliphatic rings. The zero-order valence-electron chi connectivity index (χ0n) is 8.75. The van der Waals surface area contributed by atoms with Crippen LogP contribution in [0, 0.1) is 5.92 Å². The Morgan fingerprint density at radius 1 is 1.25 bits per heavy atom. The third-order valence-electron chi connectivity index (χ3n) is 3.58. The highest BCUT2D eigenvalue weighted by Gasteiger charge is 2.39. The molecule has 0 bridgehead atoms. The zero-order valence-corrected chi connectivity index (χ0v) is 8.75. The van der Waals surface area contributed by atoms with Gasteiger partial charge in [-0.3, -0.25) is 0 Å². The van der Waals surface area contributed by atoms with Gasteiger partial charge in [-0.25, -0.2) is 0 Å². The van der Waals surface area contributed by atoms with E-state index in [9.17, 15) is 8.78 Å². The molecule has 1 nitrogen and oxygen atoms in total. The van der Waals surface area contributed by atoms with E-state index < -0.39 is 6.08 Å². The summed E-state index contributed by atoms with van der Waals surface area (Å²) < 4.78 is 31.3. The molecule has 1 saturated carbocycles. The van der Waals surface area contributed by atoms with E-state index in [1.54, 1.807) is 0 Å². The lowest BCUT2D eigenvalue weighted by Crippen LogP contribution is -2.22. The summed E-state index contributed by atoms with van der Waals surface area (Å²) in [6.07, 6.45) is -0.176. The fourth-order valence-electron chi connectivity index (χ4n) is 2.85. The first kappa shape index (κ1) is 9.82. The van der Waals surface area contributed by atoms with Gasteiger partial charge < -0.3 is 4.74 Å². The molecule has 1 aromatic carbocycles. The predicted octanol–water partition coefficient (Wildman–Crippen LogP) is 3.72. The summed E-state index contributed by atoms with van der Waals surface area (Å²) in [6.45, 7) is 0.568. The summed E-state index contributed by atoms with van der Waals surface area (Å²) >= 11 is 0. The molecule has 0 spiro atoms. The Bertz CT molecular complexity index is 449. The molecule has 16 heavy (non-hydrogen) atoms. The maximum Gasteiger partial charge on any atom is 0.270 e. The molecule has 3 rings (SSSR count). The van der Waals surface area contributed by atoms with E-state index in [-0.39, 0.29) is 11.8 Å². The van der Waals surface area contributed by atoms with Gasteiger partial charge in [-0.05, 0) is 18.9 Å². The molecule has 0 aromatic heterocycles. The minimum atomic E-state index is -1.50. The zero-order chi connectivity index (χ0) is 11.1. The summed E-state index contributed by atoms with van der Waals surface area (Å²) in [5.41, 5.74) is 1.25. The normalized spacial score (nSPS) is 27.0. The molecule has 1 heterocycles. The molecule has 0 amide bonds. The second kappa shape index (κ2) is 3.58. The van der Waals surface area contributed by atoms with Gasteiger partial charge in [0.05, 0.1) is 6.61 Å². The van der Waals surface area contributed by atoms with E-state index in [4.69, 9.17) is 4.74 Å². The third-order valence-corrected chi connectivity index (χ3v) is 3.58. The molecule has 1 aromatic rings. The summed E-state index contributed by atoms with van der Waals surface area (Å²) in [7, 11) is 0. The van der Waals surface area contributed by atoms with E-state index in [1.165, 1.54) is 0 Å². The van der Waals surface area contributed by atoms with Crippen molar-refractivity contribution in [3.8, 4) is 5.75 Å². The van der Waals surface area contributed by atoms with Crippen LogP contribution < -0.4 is 4.74 Å². The second-order valence-electron chi connectivity index (χ2n) is 4.41. The topological polar surface area (TPSA) is 9.23 Å². The lowest BCUT2D eigenvalue weighted by molar-refractivity contribution is 0.214. The van der Waals surface area contributed by atoms with Crippen LogP contribution in [0.15, 0.2) is 35.9 Å². The number of rotatable bonds is 0. The van der Waals surface area contributed by atoms with Crippen molar-refractivity contribution in [2.75, 3.05) is 6.61 Å². The van der Waals surface area contributed by atoms with Crippen LogP contribution in [0.25, 0.3) is 0 Å². The minimum Gasteiger partial charge on any atom is -0.493 e. The van der Waals surface area contributed by atoms with Crippen LogP contribution in [0.3, 0.4) is 0 Å². The molecule has 1 aliphatic heterocycles. The minimum absolute atomic E-state index is 0.116. The number of allylic oxidation sites excluding steroid dienone is 1. The highest BCUT2D eigenvalue weighted by Crippen LogP contribution is 2.50. The number of benzene rings is 1. The number of hydrogen-bond donors (Lipinski definition) is 0. The van der Waals surface area contributed by atoms with E-state index in [0.29, 0.717) is 18.6 Å². The molecule has 0 saturated heterocycles.